The van der Waals surface area contributed by atoms with Crippen molar-refractivity contribution in [2.75, 3.05) is 40.9 Å². The third-order valence-electron chi connectivity index (χ3n) is 8.78. The van der Waals surface area contributed by atoms with Crippen LogP contribution in [0.4, 0.5) is 0 Å². The molecule has 0 aromatic carbocycles. The van der Waals surface area contributed by atoms with Crippen LogP contribution in [-0.2, 0) is 9.53 Å². The largest absolute Gasteiger partial charge is 0.478 e. The van der Waals surface area contributed by atoms with Gasteiger partial charge in [0, 0.05) is 55.8 Å². The maximum Gasteiger partial charge on any atom is 0.331 e. The van der Waals surface area contributed by atoms with Crippen LogP contribution in [0, 0.1) is 34.5 Å². The van der Waals surface area contributed by atoms with Gasteiger partial charge >= 0.3 is 5.97 Å². The molecule has 1 aliphatic heterocycles. The number of hydrogen-bond acceptors (Lipinski definition) is 4. The molecule has 6 atom stereocenters. The number of carboxylic acid groups (broad SMARTS) is 1. The Labute approximate surface area is 179 Å². The second-order valence-electron chi connectivity index (χ2n) is 9.66. The summed E-state index contributed by atoms with van der Waals surface area (Å²) < 4.78 is 5.49. The first-order valence-electron chi connectivity index (χ1n) is 11.1. The predicted molar refractivity (Wildman–Crippen MR) is 117 cm³/mol. The smallest absolute Gasteiger partial charge is 0.331 e. The lowest BCUT2D eigenvalue weighted by molar-refractivity contribution is -0.133. The normalized spacial score (nSPS) is 40.4. The Morgan fingerprint density at radius 2 is 2.23 bits per heavy atom. The highest BCUT2D eigenvalue weighted by atomic mass is 16.5. The zero-order valence-electron chi connectivity index (χ0n) is 18.6. The molecule has 4 rings (SSSR count). The summed E-state index contributed by atoms with van der Waals surface area (Å²) in [5, 5.41) is 13.6. The van der Waals surface area contributed by atoms with Gasteiger partial charge in [-0.3, -0.25) is 4.99 Å². The van der Waals surface area contributed by atoms with E-state index in [9.17, 15) is 9.90 Å². The molecule has 4 N–H and O–H groups in total. The number of aliphatic carboxylic acids is 1. The topological polar surface area (TPSA) is 100 Å². The van der Waals surface area contributed by atoms with Gasteiger partial charge in [-0.05, 0) is 50.5 Å². The summed E-state index contributed by atoms with van der Waals surface area (Å²) in [4.78, 5) is 18.8. The molecule has 7 nitrogen and oxygen atoms in total. The SMILES string of the molecule is CN=C(N)N1C=CC(CNC)C2(C1)C1CCC(C)C23CC(COC)C(C(=O)O)=C3C1. The molecule has 1 heterocycles. The van der Waals surface area contributed by atoms with E-state index in [1.54, 1.807) is 14.2 Å². The zero-order valence-corrected chi connectivity index (χ0v) is 18.6. The number of hydrogen-bond donors (Lipinski definition) is 3. The van der Waals surface area contributed by atoms with Gasteiger partial charge in [0.2, 0.25) is 0 Å². The van der Waals surface area contributed by atoms with Crippen molar-refractivity contribution >= 4 is 11.9 Å². The van der Waals surface area contributed by atoms with Crippen LogP contribution in [0.2, 0.25) is 0 Å². The lowest BCUT2D eigenvalue weighted by Crippen LogP contribution is -2.61. The van der Waals surface area contributed by atoms with E-state index in [2.05, 4.69) is 34.4 Å². The van der Waals surface area contributed by atoms with Crippen molar-refractivity contribution in [3.8, 4) is 0 Å². The molecule has 7 heteroatoms. The fourth-order valence-corrected chi connectivity index (χ4v) is 7.81. The van der Waals surface area contributed by atoms with Crippen molar-refractivity contribution in [1.29, 1.82) is 0 Å². The quantitative estimate of drug-likeness (QED) is 0.469. The summed E-state index contributed by atoms with van der Waals surface area (Å²) in [5.41, 5.74) is 7.92. The van der Waals surface area contributed by atoms with E-state index in [0.29, 0.717) is 35.9 Å². The molecular weight excluding hydrogens is 380 g/mol. The Kier molecular flexibility index (Phi) is 5.47. The van der Waals surface area contributed by atoms with Gasteiger partial charge in [-0.1, -0.05) is 18.6 Å². The molecule has 0 saturated heterocycles. The van der Waals surface area contributed by atoms with Crippen molar-refractivity contribution in [3.63, 3.8) is 0 Å². The highest BCUT2D eigenvalue weighted by Crippen LogP contribution is 2.76. The van der Waals surface area contributed by atoms with Crippen LogP contribution < -0.4 is 11.1 Å². The van der Waals surface area contributed by atoms with Crippen LogP contribution in [0.5, 0.6) is 0 Å². The maximum atomic E-state index is 12.4. The van der Waals surface area contributed by atoms with Gasteiger partial charge in [-0.15, -0.1) is 0 Å². The Morgan fingerprint density at radius 1 is 1.47 bits per heavy atom. The van der Waals surface area contributed by atoms with E-state index < -0.39 is 5.97 Å². The standard InChI is InChI=1S/C23H36N4O3/c1-14-5-6-16-9-18-19(20(28)29)15(12-30-4)10-22(14,18)23(16)13-27(21(24)26-3)8-7-17(23)11-25-2/h7-8,14-17,25H,5-6,9-13H2,1-4H3,(H2,24,26)(H,28,29). The molecule has 30 heavy (non-hydrogen) atoms. The number of rotatable bonds is 5. The van der Waals surface area contributed by atoms with Crippen molar-refractivity contribution in [1.82, 2.24) is 10.2 Å². The minimum Gasteiger partial charge on any atom is -0.478 e. The van der Waals surface area contributed by atoms with Gasteiger partial charge in [-0.2, -0.15) is 0 Å². The number of allylic oxidation sites excluding steroid dienone is 1. The lowest BCUT2D eigenvalue weighted by atomic mass is 9.46. The molecule has 0 amide bonds. The fraction of sp³-hybridized carbons (Fsp3) is 0.739. The second-order valence-corrected chi connectivity index (χ2v) is 9.66. The van der Waals surface area contributed by atoms with Crippen LogP contribution in [0.25, 0.3) is 0 Å². The van der Waals surface area contributed by atoms with Crippen LogP contribution in [0.1, 0.15) is 32.6 Å². The van der Waals surface area contributed by atoms with E-state index >= 15 is 0 Å². The van der Waals surface area contributed by atoms with Crippen LogP contribution in [-0.4, -0.2) is 62.8 Å². The number of carboxylic acids is 1. The van der Waals surface area contributed by atoms with Crippen molar-refractivity contribution in [2.45, 2.75) is 32.6 Å². The first kappa shape index (κ1) is 21.4. The van der Waals surface area contributed by atoms with E-state index in [4.69, 9.17) is 10.5 Å². The number of aliphatic imine (C=N–C) groups is 1. The minimum atomic E-state index is -0.762. The third-order valence-corrected chi connectivity index (χ3v) is 8.78. The average Bonchev–Trinajstić information content (AvgIpc) is 3.12. The summed E-state index contributed by atoms with van der Waals surface area (Å²) in [6.45, 7) is 4.48. The predicted octanol–water partition coefficient (Wildman–Crippen LogP) is 2.07. The van der Waals surface area contributed by atoms with Gasteiger partial charge in [0.25, 0.3) is 0 Å². The molecule has 0 radical (unpaired) electrons. The van der Waals surface area contributed by atoms with Crippen LogP contribution >= 0.6 is 0 Å². The summed E-state index contributed by atoms with van der Waals surface area (Å²) in [5.74, 6) is 0.921. The van der Waals surface area contributed by atoms with Gasteiger partial charge in [-0.25, -0.2) is 4.79 Å². The second kappa shape index (κ2) is 7.68. The minimum absolute atomic E-state index is 0.0485. The summed E-state index contributed by atoms with van der Waals surface area (Å²) >= 11 is 0. The maximum absolute atomic E-state index is 12.4. The Morgan fingerprint density at radius 3 is 2.87 bits per heavy atom. The zero-order chi connectivity index (χ0) is 21.7. The van der Waals surface area contributed by atoms with Crippen molar-refractivity contribution in [2.24, 2.45) is 45.2 Å². The van der Waals surface area contributed by atoms with Crippen LogP contribution in [0.15, 0.2) is 28.4 Å². The lowest BCUT2D eigenvalue weighted by Gasteiger charge is -2.60. The van der Waals surface area contributed by atoms with Gasteiger partial charge in [0.05, 0.1) is 6.61 Å². The first-order valence-corrected chi connectivity index (χ1v) is 11.1. The monoisotopic (exact) mass is 416 g/mol. The van der Waals surface area contributed by atoms with Crippen molar-refractivity contribution < 1.29 is 14.6 Å². The molecule has 2 spiro atoms. The highest BCUT2D eigenvalue weighted by molar-refractivity contribution is 5.90. The number of nitrogens with two attached hydrogens (primary N) is 1. The molecule has 2 bridgehead atoms. The van der Waals surface area contributed by atoms with Gasteiger partial charge in [0.1, 0.15) is 0 Å². The Balaban J connectivity index is 1.93. The molecule has 0 aromatic heterocycles. The molecule has 3 aliphatic carbocycles. The molecular formula is C23H36N4O3. The molecule has 6 unspecified atom stereocenters. The van der Waals surface area contributed by atoms with Crippen LogP contribution in [0.3, 0.4) is 0 Å². The first-order chi connectivity index (χ1) is 14.4. The number of carbonyl (C=O) groups is 1. The van der Waals surface area contributed by atoms with E-state index in [1.165, 1.54) is 5.57 Å². The number of methoxy groups -OCH3 is 1. The number of nitrogens with zero attached hydrogens (tertiary/aromatic N) is 2. The summed E-state index contributed by atoms with van der Waals surface area (Å²) in [7, 11) is 5.40. The average molecular weight is 417 g/mol. The fourth-order valence-electron chi connectivity index (χ4n) is 7.81. The molecule has 2 saturated carbocycles. The summed E-state index contributed by atoms with van der Waals surface area (Å²) in [6.07, 6.45) is 8.40. The Hall–Kier alpha value is -1.86. The van der Waals surface area contributed by atoms with E-state index in [1.807, 2.05) is 7.05 Å². The third kappa shape index (κ3) is 2.64. The molecule has 166 valence electrons. The van der Waals surface area contributed by atoms with Gasteiger partial charge in [0.15, 0.2) is 5.96 Å². The van der Waals surface area contributed by atoms with E-state index in [-0.39, 0.29) is 16.7 Å². The van der Waals surface area contributed by atoms with Gasteiger partial charge < -0.3 is 25.8 Å². The van der Waals surface area contributed by atoms with Crippen molar-refractivity contribution in [3.05, 3.63) is 23.4 Å². The molecule has 0 aromatic rings. The Bertz CT molecular complexity index is 806. The summed E-state index contributed by atoms with van der Waals surface area (Å²) in [6, 6.07) is 0. The molecule has 4 aliphatic rings. The number of guanidine groups is 1. The number of nitrogens with one attached hydrogen (secondary N) is 1. The van der Waals surface area contributed by atoms with E-state index in [0.717, 1.165) is 38.8 Å². The highest BCUT2D eigenvalue weighted by Gasteiger charge is 2.72. The molecule has 2 fully saturated rings. The number of ether oxygens (including phenoxy) is 1.